The summed E-state index contributed by atoms with van der Waals surface area (Å²) >= 11 is 0. The molecule has 0 aliphatic heterocycles. The molecule has 102 valence electrons. The highest BCUT2D eigenvalue weighted by atomic mass is 16.5. The summed E-state index contributed by atoms with van der Waals surface area (Å²) < 4.78 is 5.53. The number of aromatic nitrogens is 4. The van der Waals surface area contributed by atoms with E-state index in [-0.39, 0.29) is 6.10 Å². The first kappa shape index (κ1) is 13.1. The number of rotatable bonds is 6. The topological polar surface area (TPSA) is 102 Å². The van der Waals surface area contributed by atoms with E-state index in [1.807, 2.05) is 19.9 Å². The summed E-state index contributed by atoms with van der Waals surface area (Å²) in [6.07, 6.45) is 2.27. The van der Waals surface area contributed by atoms with Gasteiger partial charge in [-0.15, -0.1) is 0 Å². The number of nitrogen functional groups attached to an aromatic ring is 1. The van der Waals surface area contributed by atoms with E-state index in [0.29, 0.717) is 18.1 Å². The van der Waals surface area contributed by atoms with Crippen LogP contribution in [-0.4, -0.2) is 32.8 Å². The molecular weight excluding hydrogens is 244 g/mol. The minimum atomic E-state index is 0.0410. The highest BCUT2D eigenvalue weighted by Crippen LogP contribution is 2.21. The summed E-state index contributed by atoms with van der Waals surface area (Å²) in [6, 6.07) is 3.60. The fourth-order valence-corrected chi connectivity index (χ4v) is 1.53. The highest BCUT2D eigenvalue weighted by Gasteiger charge is 2.06. The number of hydrogen-bond donors (Lipinski definition) is 3. The molecule has 7 nitrogen and oxygen atoms in total. The van der Waals surface area contributed by atoms with E-state index in [4.69, 9.17) is 10.5 Å². The molecule has 4 N–H and O–H groups in total. The molecule has 2 heterocycles. The number of anilines is 2. The van der Waals surface area contributed by atoms with Gasteiger partial charge in [-0.2, -0.15) is 10.1 Å². The van der Waals surface area contributed by atoms with Crippen LogP contribution in [0.2, 0.25) is 0 Å². The molecule has 7 heteroatoms. The minimum absolute atomic E-state index is 0.0410. The third-order valence-electron chi connectivity index (χ3n) is 2.37. The third kappa shape index (κ3) is 3.84. The van der Waals surface area contributed by atoms with E-state index in [1.54, 1.807) is 6.07 Å². The van der Waals surface area contributed by atoms with E-state index < -0.39 is 0 Å². The van der Waals surface area contributed by atoms with Crippen LogP contribution in [0.5, 0.6) is 5.88 Å². The van der Waals surface area contributed by atoms with Crippen LogP contribution in [-0.2, 0) is 6.42 Å². The van der Waals surface area contributed by atoms with Crippen LogP contribution in [0.3, 0.4) is 0 Å². The molecule has 0 aliphatic carbocycles. The lowest BCUT2D eigenvalue weighted by Crippen LogP contribution is -2.11. The Hall–Kier alpha value is -2.31. The number of nitrogens with one attached hydrogen (secondary N) is 2. The van der Waals surface area contributed by atoms with Crippen molar-refractivity contribution >= 4 is 11.5 Å². The lowest BCUT2D eigenvalue weighted by molar-refractivity contribution is 0.234. The smallest absolute Gasteiger partial charge is 0.239 e. The molecule has 0 saturated carbocycles. The van der Waals surface area contributed by atoms with Gasteiger partial charge in [-0.25, -0.2) is 4.98 Å². The molecule has 2 rings (SSSR count). The Morgan fingerprint density at radius 2 is 2.26 bits per heavy atom. The lowest BCUT2D eigenvalue weighted by atomic mass is 10.3. The number of hydrogen-bond acceptors (Lipinski definition) is 6. The summed E-state index contributed by atoms with van der Waals surface area (Å²) in [4.78, 5) is 8.37. The van der Waals surface area contributed by atoms with E-state index in [1.165, 1.54) is 6.33 Å². The summed E-state index contributed by atoms with van der Waals surface area (Å²) in [5, 5.41) is 9.78. The van der Waals surface area contributed by atoms with E-state index in [0.717, 1.165) is 18.1 Å². The minimum Gasteiger partial charge on any atom is -0.473 e. The second-order valence-corrected chi connectivity index (χ2v) is 4.37. The van der Waals surface area contributed by atoms with Crippen molar-refractivity contribution in [3.63, 3.8) is 0 Å². The van der Waals surface area contributed by atoms with Crippen molar-refractivity contribution in [1.82, 2.24) is 20.2 Å². The van der Waals surface area contributed by atoms with Crippen LogP contribution in [0.25, 0.3) is 0 Å². The molecule has 0 radical (unpaired) electrons. The first-order valence-corrected chi connectivity index (χ1v) is 6.16. The van der Waals surface area contributed by atoms with Crippen molar-refractivity contribution in [2.75, 3.05) is 17.6 Å². The molecule has 19 heavy (non-hydrogen) atoms. The average molecular weight is 262 g/mol. The summed E-state index contributed by atoms with van der Waals surface area (Å²) in [6.45, 7) is 4.57. The van der Waals surface area contributed by atoms with Gasteiger partial charge in [0.15, 0.2) is 0 Å². The van der Waals surface area contributed by atoms with Gasteiger partial charge < -0.3 is 15.8 Å². The predicted octanol–water partition coefficient (Wildman–Crippen LogP) is 1.22. The molecule has 0 aliphatic rings. The van der Waals surface area contributed by atoms with Gasteiger partial charge in [-0.05, 0) is 26.0 Å². The molecule has 0 saturated heterocycles. The number of aromatic amines is 1. The Kier molecular flexibility index (Phi) is 4.17. The van der Waals surface area contributed by atoms with Gasteiger partial charge in [0.2, 0.25) is 5.88 Å². The van der Waals surface area contributed by atoms with Crippen molar-refractivity contribution in [2.24, 2.45) is 0 Å². The molecule has 0 aromatic carbocycles. The van der Waals surface area contributed by atoms with E-state index in [2.05, 4.69) is 25.5 Å². The molecule has 0 atom stereocenters. The van der Waals surface area contributed by atoms with Gasteiger partial charge in [0.25, 0.3) is 0 Å². The van der Waals surface area contributed by atoms with Crippen LogP contribution in [0.15, 0.2) is 18.5 Å². The molecule has 0 amide bonds. The molecule has 0 unspecified atom stereocenters. The van der Waals surface area contributed by atoms with E-state index >= 15 is 0 Å². The SMILES string of the molecule is CC(C)Oc1nc(NCCc2ncn[nH]2)ccc1N. The Bertz CT molecular complexity index is 511. The monoisotopic (exact) mass is 262 g/mol. The molecule has 2 aromatic heterocycles. The quantitative estimate of drug-likeness (QED) is 0.723. The number of H-pyrrole nitrogens is 1. The first-order valence-electron chi connectivity index (χ1n) is 6.16. The molecule has 0 bridgehead atoms. The van der Waals surface area contributed by atoms with Crippen LogP contribution in [0.1, 0.15) is 19.7 Å². The lowest BCUT2D eigenvalue weighted by Gasteiger charge is -2.12. The molecule has 0 spiro atoms. The van der Waals surface area contributed by atoms with Crippen LogP contribution in [0, 0.1) is 0 Å². The van der Waals surface area contributed by atoms with Crippen LogP contribution >= 0.6 is 0 Å². The maximum atomic E-state index is 5.81. The zero-order valence-electron chi connectivity index (χ0n) is 11.1. The van der Waals surface area contributed by atoms with Gasteiger partial charge in [-0.3, -0.25) is 5.10 Å². The van der Waals surface area contributed by atoms with Gasteiger partial charge in [0.05, 0.1) is 11.8 Å². The highest BCUT2D eigenvalue weighted by molar-refractivity contribution is 5.53. The Balaban J connectivity index is 1.93. The third-order valence-corrected chi connectivity index (χ3v) is 2.37. The van der Waals surface area contributed by atoms with Crippen molar-refractivity contribution < 1.29 is 4.74 Å². The van der Waals surface area contributed by atoms with Gasteiger partial charge in [0.1, 0.15) is 18.0 Å². The second kappa shape index (κ2) is 6.03. The maximum absolute atomic E-state index is 5.81. The maximum Gasteiger partial charge on any atom is 0.239 e. The normalized spacial score (nSPS) is 10.7. The standard InChI is InChI=1S/C12H18N6O/c1-8(2)19-12-9(13)3-4-10(17-12)14-6-5-11-15-7-16-18-11/h3-4,7-8H,5-6,13H2,1-2H3,(H,14,17)(H,15,16,18). The summed E-state index contributed by atoms with van der Waals surface area (Å²) in [7, 11) is 0. The van der Waals surface area contributed by atoms with Crippen molar-refractivity contribution in [3.05, 3.63) is 24.3 Å². The predicted molar refractivity (Wildman–Crippen MR) is 73.0 cm³/mol. The Morgan fingerprint density at radius 1 is 1.42 bits per heavy atom. The average Bonchev–Trinajstić information content (AvgIpc) is 2.86. The number of ether oxygens (including phenoxy) is 1. The second-order valence-electron chi connectivity index (χ2n) is 4.37. The Morgan fingerprint density at radius 3 is 2.95 bits per heavy atom. The van der Waals surface area contributed by atoms with Gasteiger partial charge in [0, 0.05) is 13.0 Å². The summed E-state index contributed by atoms with van der Waals surface area (Å²) in [5.74, 6) is 2.02. The van der Waals surface area contributed by atoms with Crippen molar-refractivity contribution in [1.29, 1.82) is 0 Å². The zero-order valence-corrected chi connectivity index (χ0v) is 11.1. The Labute approximate surface area is 111 Å². The fraction of sp³-hybridized carbons (Fsp3) is 0.417. The van der Waals surface area contributed by atoms with E-state index in [9.17, 15) is 0 Å². The first-order chi connectivity index (χ1) is 9.15. The zero-order chi connectivity index (χ0) is 13.7. The van der Waals surface area contributed by atoms with Crippen molar-refractivity contribution in [2.45, 2.75) is 26.4 Å². The molecule has 2 aromatic rings. The number of nitrogens with two attached hydrogens (primary N) is 1. The van der Waals surface area contributed by atoms with Crippen LogP contribution in [0.4, 0.5) is 11.5 Å². The van der Waals surface area contributed by atoms with Crippen LogP contribution < -0.4 is 15.8 Å². The fourth-order valence-electron chi connectivity index (χ4n) is 1.53. The van der Waals surface area contributed by atoms with Gasteiger partial charge >= 0.3 is 0 Å². The van der Waals surface area contributed by atoms with Crippen molar-refractivity contribution in [3.8, 4) is 5.88 Å². The van der Waals surface area contributed by atoms with Gasteiger partial charge in [-0.1, -0.05) is 0 Å². The molecule has 0 fully saturated rings. The molecular formula is C12H18N6O. The largest absolute Gasteiger partial charge is 0.473 e. The summed E-state index contributed by atoms with van der Waals surface area (Å²) in [5.41, 5.74) is 6.34. The number of pyridine rings is 1. The number of nitrogens with zero attached hydrogens (tertiary/aromatic N) is 3.